The van der Waals surface area contributed by atoms with Gasteiger partial charge >= 0.3 is 0 Å². The van der Waals surface area contributed by atoms with Crippen LogP contribution >= 0.6 is 0 Å². The van der Waals surface area contributed by atoms with Gasteiger partial charge < -0.3 is 0 Å². The van der Waals surface area contributed by atoms with Crippen LogP contribution in [0, 0.1) is 0 Å². The first kappa shape index (κ1) is 12.5. The molecule has 108 valence electrons. The third-order valence-corrected chi connectivity index (χ3v) is 3.41. The van der Waals surface area contributed by atoms with Crippen LogP contribution in [0.3, 0.4) is 0 Å². The van der Waals surface area contributed by atoms with E-state index >= 15 is 0 Å². The molecule has 4 rings (SSSR count). The second-order valence-electron chi connectivity index (χ2n) is 4.87. The number of amides is 1. The first-order valence-electron chi connectivity index (χ1n) is 6.81. The van der Waals surface area contributed by atoms with Gasteiger partial charge in [0, 0.05) is 0 Å². The summed E-state index contributed by atoms with van der Waals surface area (Å²) < 4.78 is 3.18. The number of hydrogen-bond acceptors (Lipinski definition) is 4. The number of carbonyl (C=O) groups is 1. The summed E-state index contributed by atoms with van der Waals surface area (Å²) in [6.45, 7) is 0.0903. The van der Waals surface area contributed by atoms with Crippen LogP contribution in [0.15, 0.2) is 54.9 Å². The molecule has 0 unspecified atom stereocenters. The van der Waals surface area contributed by atoms with Crippen molar-refractivity contribution in [3.8, 4) is 0 Å². The summed E-state index contributed by atoms with van der Waals surface area (Å²) in [6.07, 6.45) is 1.59. The fraction of sp³-hybridized carbons (Fsp3) is 0.0667. The van der Waals surface area contributed by atoms with Gasteiger partial charge in [0.05, 0.1) is 16.6 Å². The molecule has 0 aliphatic rings. The fourth-order valence-corrected chi connectivity index (χ4v) is 2.39. The molecule has 0 aliphatic carbocycles. The van der Waals surface area contributed by atoms with E-state index in [2.05, 4.69) is 20.7 Å². The SMILES string of the molecule is O=C(Cn1nnc2ccccc21)Nn1cnc2ccccc21. The average molecular weight is 292 g/mol. The molecule has 0 saturated carbocycles. The number of para-hydroxylation sites is 3. The van der Waals surface area contributed by atoms with Gasteiger partial charge in [-0.25, -0.2) is 14.3 Å². The summed E-state index contributed by atoms with van der Waals surface area (Å²) in [5.41, 5.74) is 6.06. The van der Waals surface area contributed by atoms with Crippen LogP contribution in [0.5, 0.6) is 0 Å². The normalized spacial score (nSPS) is 11.1. The van der Waals surface area contributed by atoms with Crippen molar-refractivity contribution < 1.29 is 4.79 Å². The Balaban J connectivity index is 1.58. The van der Waals surface area contributed by atoms with Crippen molar-refractivity contribution in [1.82, 2.24) is 24.7 Å². The minimum atomic E-state index is -0.196. The van der Waals surface area contributed by atoms with Gasteiger partial charge in [0.2, 0.25) is 0 Å². The molecule has 1 amide bonds. The quantitative estimate of drug-likeness (QED) is 0.621. The van der Waals surface area contributed by atoms with Gasteiger partial charge in [-0.05, 0) is 24.3 Å². The molecule has 0 spiro atoms. The molecule has 2 aromatic carbocycles. The van der Waals surface area contributed by atoms with E-state index in [4.69, 9.17) is 0 Å². The highest BCUT2D eigenvalue weighted by molar-refractivity contribution is 5.87. The topological polar surface area (TPSA) is 77.6 Å². The molecule has 7 heteroatoms. The molecule has 0 saturated heterocycles. The Bertz CT molecular complexity index is 892. The van der Waals surface area contributed by atoms with Gasteiger partial charge in [-0.3, -0.25) is 10.2 Å². The first-order valence-corrected chi connectivity index (χ1v) is 6.81. The maximum atomic E-state index is 12.2. The van der Waals surface area contributed by atoms with Crippen molar-refractivity contribution in [1.29, 1.82) is 0 Å². The molecule has 7 nitrogen and oxygen atoms in total. The summed E-state index contributed by atoms with van der Waals surface area (Å²) in [7, 11) is 0. The van der Waals surface area contributed by atoms with E-state index in [0.29, 0.717) is 0 Å². The first-order chi connectivity index (χ1) is 10.8. The monoisotopic (exact) mass is 292 g/mol. The van der Waals surface area contributed by atoms with E-state index in [-0.39, 0.29) is 12.5 Å². The highest BCUT2D eigenvalue weighted by Gasteiger charge is 2.10. The Hall–Kier alpha value is -3.22. The van der Waals surface area contributed by atoms with E-state index in [1.54, 1.807) is 15.7 Å². The lowest BCUT2D eigenvalue weighted by Crippen LogP contribution is -2.26. The molecule has 0 aliphatic heterocycles. The fourth-order valence-electron chi connectivity index (χ4n) is 2.39. The zero-order valence-electron chi connectivity index (χ0n) is 11.5. The van der Waals surface area contributed by atoms with E-state index in [1.807, 2.05) is 48.5 Å². The van der Waals surface area contributed by atoms with Gasteiger partial charge in [-0.2, -0.15) is 0 Å². The van der Waals surface area contributed by atoms with Crippen LogP contribution in [0.4, 0.5) is 0 Å². The number of nitrogens with one attached hydrogen (secondary N) is 1. The van der Waals surface area contributed by atoms with Gasteiger partial charge in [0.1, 0.15) is 18.4 Å². The molecule has 0 radical (unpaired) electrons. The second-order valence-corrected chi connectivity index (χ2v) is 4.87. The third-order valence-electron chi connectivity index (χ3n) is 3.41. The van der Waals surface area contributed by atoms with E-state index in [1.165, 1.54) is 0 Å². The molecule has 0 atom stereocenters. The molecule has 0 fully saturated rings. The zero-order chi connectivity index (χ0) is 14.9. The van der Waals surface area contributed by atoms with Crippen molar-refractivity contribution >= 4 is 28.0 Å². The lowest BCUT2D eigenvalue weighted by molar-refractivity contribution is -0.117. The highest BCUT2D eigenvalue weighted by atomic mass is 16.2. The molecule has 22 heavy (non-hydrogen) atoms. The number of fused-ring (bicyclic) bond motifs is 2. The Labute approximate surface area is 125 Å². The standard InChI is InChI=1S/C15H12N6O/c22-15(9-20-14-8-4-2-6-12(14)17-19-20)18-21-10-16-11-5-1-3-7-13(11)21/h1-8,10H,9H2,(H,18,22). The molecular formula is C15H12N6O. The summed E-state index contributed by atoms with van der Waals surface area (Å²) >= 11 is 0. The average Bonchev–Trinajstić information content (AvgIpc) is 3.13. The molecular weight excluding hydrogens is 280 g/mol. The van der Waals surface area contributed by atoms with Crippen LogP contribution in [0.25, 0.3) is 22.1 Å². The Morgan fingerprint density at radius 2 is 1.73 bits per heavy atom. The van der Waals surface area contributed by atoms with Crippen molar-refractivity contribution in [2.45, 2.75) is 6.54 Å². The second kappa shape index (κ2) is 4.96. The maximum absolute atomic E-state index is 12.2. The Morgan fingerprint density at radius 1 is 1.00 bits per heavy atom. The Morgan fingerprint density at radius 3 is 2.59 bits per heavy atom. The summed E-state index contributed by atoms with van der Waals surface area (Å²) in [5, 5.41) is 8.04. The van der Waals surface area contributed by atoms with Crippen molar-refractivity contribution in [2.24, 2.45) is 0 Å². The minimum absolute atomic E-state index is 0.0903. The third kappa shape index (κ3) is 2.08. The van der Waals surface area contributed by atoms with Crippen molar-refractivity contribution in [3.63, 3.8) is 0 Å². The van der Waals surface area contributed by atoms with E-state index in [9.17, 15) is 4.79 Å². The van der Waals surface area contributed by atoms with Gasteiger partial charge in [0.25, 0.3) is 5.91 Å². The van der Waals surface area contributed by atoms with E-state index < -0.39 is 0 Å². The van der Waals surface area contributed by atoms with Gasteiger partial charge in [0.15, 0.2) is 0 Å². The van der Waals surface area contributed by atoms with Crippen LogP contribution in [0.1, 0.15) is 0 Å². The smallest absolute Gasteiger partial charge is 0.260 e. The molecule has 2 heterocycles. The van der Waals surface area contributed by atoms with Gasteiger partial charge in [-0.15, -0.1) is 5.10 Å². The predicted molar refractivity (Wildman–Crippen MR) is 81.6 cm³/mol. The van der Waals surface area contributed by atoms with Crippen LogP contribution in [0.2, 0.25) is 0 Å². The number of nitrogens with zero attached hydrogens (tertiary/aromatic N) is 5. The Kier molecular flexibility index (Phi) is 2.82. The number of hydrogen-bond donors (Lipinski definition) is 1. The number of rotatable bonds is 3. The lowest BCUT2D eigenvalue weighted by Gasteiger charge is -2.07. The van der Waals surface area contributed by atoms with E-state index in [0.717, 1.165) is 22.1 Å². The molecule has 0 bridgehead atoms. The summed E-state index contributed by atoms with van der Waals surface area (Å²) in [5.74, 6) is -0.196. The predicted octanol–water partition coefficient (Wildman–Crippen LogP) is 1.55. The number of aromatic nitrogens is 5. The van der Waals surface area contributed by atoms with Crippen LogP contribution < -0.4 is 5.43 Å². The summed E-state index contributed by atoms with van der Waals surface area (Å²) in [4.78, 5) is 16.4. The van der Waals surface area contributed by atoms with Crippen molar-refractivity contribution in [2.75, 3.05) is 5.43 Å². The lowest BCUT2D eigenvalue weighted by atomic mass is 10.3. The zero-order valence-corrected chi connectivity index (χ0v) is 11.5. The van der Waals surface area contributed by atoms with Gasteiger partial charge in [-0.1, -0.05) is 29.5 Å². The molecule has 2 aromatic heterocycles. The molecule has 4 aromatic rings. The minimum Gasteiger partial charge on any atom is -0.271 e. The largest absolute Gasteiger partial charge is 0.271 e. The number of carbonyl (C=O) groups excluding carboxylic acids is 1. The number of imidazole rings is 1. The van der Waals surface area contributed by atoms with Crippen LogP contribution in [-0.4, -0.2) is 30.6 Å². The number of benzene rings is 2. The molecule has 1 N–H and O–H groups in total. The van der Waals surface area contributed by atoms with Crippen molar-refractivity contribution in [3.05, 3.63) is 54.9 Å². The highest BCUT2D eigenvalue weighted by Crippen LogP contribution is 2.11. The van der Waals surface area contributed by atoms with Crippen LogP contribution in [-0.2, 0) is 11.3 Å². The summed E-state index contributed by atoms with van der Waals surface area (Å²) in [6, 6.07) is 15.1. The maximum Gasteiger partial charge on any atom is 0.260 e.